The number of cyclic esters (lactones) is 1. The number of hydrogen-bond donors (Lipinski definition) is 1. The molecule has 1 aromatic carbocycles. The Morgan fingerprint density at radius 3 is 2.43 bits per heavy atom. The first kappa shape index (κ1) is 15.0. The van der Waals surface area contributed by atoms with Crippen LogP contribution in [-0.2, 0) is 9.53 Å². The van der Waals surface area contributed by atoms with Gasteiger partial charge in [-0.3, -0.25) is 0 Å². The molecular formula is C17H16N2O4. The second-order valence-corrected chi connectivity index (χ2v) is 5.87. The highest BCUT2D eigenvalue weighted by Gasteiger charge is 2.40. The highest BCUT2D eigenvalue weighted by atomic mass is 16.6. The van der Waals surface area contributed by atoms with Crippen molar-refractivity contribution in [2.45, 2.75) is 26.4 Å². The summed E-state index contributed by atoms with van der Waals surface area (Å²) in [4.78, 5) is 23.6. The first-order chi connectivity index (χ1) is 10.8. The van der Waals surface area contributed by atoms with Gasteiger partial charge in [0.15, 0.2) is 5.69 Å². The van der Waals surface area contributed by atoms with Crippen molar-refractivity contribution in [3.63, 3.8) is 0 Å². The van der Waals surface area contributed by atoms with Crippen LogP contribution in [0, 0.1) is 0 Å². The van der Waals surface area contributed by atoms with Crippen LogP contribution in [0.2, 0.25) is 0 Å². The fourth-order valence-electron chi connectivity index (χ4n) is 2.54. The minimum Gasteiger partial charge on any atom is -0.476 e. The van der Waals surface area contributed by atoms with Crippen LogP contribution in [0.15, 0.2) is 42.0 Å². The normalized spacial score (nSPS) is 16.6. The Labute approximate surface area is 133 Å². The zero-order chi connectivity index (χ0) is 16.8. The van der Waals surface area contributed by atoms with E-state index in [4.69, 9.17) is 4.74 Å². The molecule has 0 saturated carbocycles. The number of para-hydroxylation sites is 1. The molecule has 1 N–H and O–H groups in total. The number of benzene rings is 1. The van der Waals surface area contributed by atoms with Crippen molar-refractivity contribution < 1.29 is 19.4 Å². The maximum absolute atomic E-state index is 12.3. The molecule has 6 nitrogen and oxygen atoms in total. The molecule has 0 aliphatic carbocycles. The van der Waals surface area contributed by atoms with Gasteiger partial charge in [0.25, 0.3) is 0 Å². The maximum atomic E-state index is 12.3. The number of aromatic carboxylic acids is 1. The first-order valence-corrected chi connectivity index (χ1v) is 7.15. The number of nitrogens with zero attached hydrogens (tertiary/aromatic N) is 2. The molecule has 3 rings (SSSR count). The lowest BCUT2D eigenvalue weighted by molar-refractivity contribution is -0.142. The SMILES string of the molecule is CC1=C(c2cc(C(=O)O)nn2-c2ccccc2)C(=O)OC1(C)C. The van der Waals surface area contributed by atoms with Crippen LogP contribution in [0.4, 0.5) is 0 Å². The summed E-state index contributed by atoms with van der Waals surface area (Å²) in [6.45, 7) is 5.41. The van der Waals surface area contributed by atoms with Crippen molar-refractivity contribution in [2.24, 2.45) is 0 Å². The number of esters is 1. The lowest BCUT2D eigenvalue weighted by atomic mass is 9.96. The highest BCUT2D eigenvalue weighted by molar-refractivity contribution is 6.19. The number of rotatable bonds is 3. The molecule has 0 fully saturated rings. The van der Waals surface area contributed by atoms with E-state index in [1.807, 2.05) is 25.1 Å². The molecule has 0 unspecified atom stereocenters. The number of carbonyl (C=O) groups is 2. The van der Waals surface area contributed by atoms with Crippen LogP contribution in [0.25, 0.3) is 11.3 Å². The smallest absolute Gasteiger partial charge is 0.356 e. The average Bonchev–Trinajstić information content (AvgIpc) is 3.00. The van der Waals surface area contributed by atoms with Crippen molar-refractivity contribution in [1.82, 2.24) is 9.78 Å². The van der Waals surface area contributed by atoms with Gasteiger partial charge in [-0.25, -0.2) is 14.3 Å². The van der Waals surface area contributed by atoms with Crippen LogP contribution < -0.4 is 0 Å². The Bertz CT molecular complexity index is 832. The van der Waals surface area contributed by atoms with E-state index in [0.717, 1.165) is 5.57 Å². The topological polar surface area (TPSA) is 81.4 Å². The molecule has 0 amide bonds. The minimum absolute atomic E-state index is 0.123. The predicted molar refractivity (Wildman–Crippen MR) is 83.3 cm³/mol. The third kappa shape index (κ3) is 2.42. The highest BCUT2D eigenvalue weighted by Crippen LogP contribution is 2.38. The number of carboxylic acid groups (broad SMARTS) is 1. The van der Waals surface area contributed by atoms with Crippen molar-refractivity contribution in [1.29, 1.82) is 0 Å². The molecule has 1 aliphatic heterocycles. The monoisotopic (exact) mass is 312 g/mol. The van der Waals surface area contributed by atoms with Gasteiger partial charge >= 0.3 is 11.9 Å². The summed E-state index contributed by atoms with van der Waals surface area (Å²) in [6, 6.07) is 10.5. The van der Waals surface area contributed by atoms with Crippen LogP contribution in [0.3, 0.4) is 0 Å². The van der Waals surface area contributed by atoms with Gasteiger partial charge in [-0.05, 0) is 44.5 Å². The Morgan fingerprint density at radius 1 is 1.26 bits per heavy atom. The van der Waals surface area contributed by atoms with Crippen molar-refractivity contribution >= 4 is 17.5 Å². The Hall–Kier alpha value is -2.89. The van der Waals surface area contributed by atoms with Crippen LogP contribution in [0.5, 0.6) is 0 Å². The van der Waals surface area contributed by atoms with Crippen LogP contribution >= 0.6 is 0 Å². The number of aromatic nitrogens is 2. The summed E-state index contributed by atoms with van der Waals surface area (Å²) in [6.07, 6.45) is 0. The van der Waals surface area contributed by atoms with Gasteiger partial charge in [0, 0.05) is 0 Å². The summed E-state index contributed by atoms with van der Waals surface area (Å²) in [5.74, 6) is -1.62. The lowest BCUT2D eigenvalue weighted by Crippen LogP contribution is -2.21. The molecule has 2 heterocycles. The Morgan fingerprint density at radius 2 is 1.91 bits per heavy atom. The molecule has 0 atom stereocenters. The number of carboxylic acids is 1. The number of ether oxygens (including phenoxy) is 1. The maximum Gasteiger partial charge on any atom is 0.356 e. The quantitative estimate of drug-likeness (QED) is 0.881. The van der Waals surface area contributed by atoms with E-state index in [1.54, 1.807) is 26.0 Å². The van der Waals surface area contributed by atoms with Gasteiger partial charge in [0.05, 0.1) is 17.0 Å². The predicted octanol–water partition coefficient (Wildman–Crippen LogP) is 2.68. The molecule has 118 valence electrons. The van der Waals surface area contributed by atoms with Crippen molar-refractivity contribution in [3.8, 4) is 5.69 Å². The Kier molecular flexibility index (Phi) is 3.32. The van der Waals surface area contributed by atoms with E-state index in [9.17, 15) is 14.7 Å². The molecule has 2 aromatic rings. The van der Waals surface area contributed by atoms with Crippen molar-refractivity contribution in [2.75, 3.05) is 0 Å². The van der Waals surface area contributed by atoms with Crippen molar-refractivity contribution in [3.05, 3.63) is 53.4 Å². The van der Waals surface area contributed by atoms with E-state index in [1.165, 1.54) is 10.7 Å². The van der Waals surface area contributed by atoms with Gasteiger partial charge in [-0.2, -0.15) is 5.10 Å². The van der Waals surface area contributed by atoms with Gasteiger partial charge in [-0.1, -0.05) is 18.2 Å². The van der Waals surface area contributed by atoms with E-state index < -0.39 is 17.5 Å². The van der Waals surface area contributed by atoms with E-state index >= 15 is 0 Å². The van der Waals surface area contributed by atoms with E-state index in [2.05, 4.69) is 5.10 Å². The second kappa shape index (κ2) is 5.08. The minimum atomic E-state index is -1.15. The van der Waals surface area contributed by atoms with Gasteiger partial charge in [-0.15, -0.1) is 0 Å². The van der Waals surface area contributed by atoms with Gasteiger partial charge < -0.3 is 9.84 Å². The lowest BCUT2D eigenvalue weighted by Gasteiger charge is -2.18. The van der Waals surface area contributed by atoms with E-state index in [-0.39, 0.29) is 5.69 Å². The molecule has 0 bridgehead atoms. The first-order valence-electron chi connectivity index (χ1n) is 7.15. The standard InChI is InChI=1S/C17H16N2O4/c1-10-14(16(22)23-17(10,2)3)13-9-12(15(20)21)18-19(13)11-7-5-4-6-8-11/h4-9H,1-3H3,(H,20,21). The van der Waals surface area contributed by atoms with Gasteiger partial charge in [0.1, 0.15) is 5.60 Å². The summed E-state index contributed by atoms with van der Waals surface area (Å²) in [5, 5.41) is 13.4. The summed E-state index contributed by atoms with van der Waals surface area (Å²) in [7, 11) is 0. The summed E-state index contributed by atoms with van der Waals surface area (Å²) >= 11 is 0. The Balaban J connectivity index is 2.26. The number of hydrogen-bond acceptors (Lipinski definition) is 4. The molecule has 1 aliphatic rings. The average molecular weight is 312 g/mol. The van der Waals surface area contributed by atoms with E-state index in [0.29, 0.717) is 17.0 Å². The van der Waals surface area contributed by atoms with Crippen LogP contribution in [0.1, 0.15) is 37.0 Å². The second-order valence-electron chi connectivity index (χ2n) is 5.87. The molecule has 0 saturated heterocycles. The molecule has 1 aromatic heterocycles. The fourth-order valence-corrected chi connectivity index (χ4v) is 2.54. The molecule has 0 spiro atoms. The zero-order valence-electron chi connectivity index (χ0n) is 13.0. The molecule has 0 radical (unpaired) electrons. The summed E-state index contributed by atoms with van der Waals surface area (Å²) in [5.41, 5.74) is 1.35. The third-order valence-corrected chi connectivity index (χ3v) is 4.02. The third-order valence-electron chi connectivity index (χ3n) is 4.02. The zero-order valence-corrected chi connectivity index (χ0v) is 13.0. The molecular weight excluding hydrogens is 296 g/mol. The fraction of sp³-hybridized carbons (Fsp3) is 0.235. The number of carbonyl (C=O) groups excluding carboxylic acids is 1. The van der Waals surface area contributed by atoms with Gasteiger partial charge in [0.2, 0.25) is 0 Å². The molecule has 6 heteroatoms. The largest absolute Gasteiger partial charge is 0.476 e. The summed E-state index contributed by atoms with van der Waals surface area (Å²) < 4.78 is 6.85. The molecule has 23 heavy (non-hydrogen) atoms. The van der Waals surface area contributed by atoms with Crippen LogP contribution in [-0.4, -0.2) is 32.4 Å².